The molecular formula is C17H15F2N3O3. The van der Waals surface area contributed by atoms with Gasteiger partial charge in [-0.25, -0.2) is 8.78 Å². The number of halogens is 2. The Morgan fingerprint density at radius 1 is 0.880 bits per heavy atom. The molecule has 3 amide bonds. The molecule has 0 radical (unpaired) electrons. The molecule has 0 aromatic heterocycles. The van der Waals surface area contributed by atoms with E-state index in [1.165, 1.54) is 13.0 Å². The molecule has 25 heavy (non-hydrogen) atoms. The van der Waals surface area contributed by atoms with Crippen LogP contribution in [0.15, 0.2) is 42.5 Å². The predicted molar refractivity (Wildman–Crippen MR) is 89.0 cm³/mol. The van der Waals surface area contributed by atoms with E-state index in [0.29, 0.717) is 17.4 Å². The van der Waals surface area contributed by atoms with Crippen molar-refractivity contribution in [3.63, 3.8) is 0 Å². The van der Waals surface area contributed by atoms with Crippen LogP contribution in [0.3, 0.4) is 0 Å². The van der Waals surface area contributed by atoms with Gasteiger partial charge in [-0.2, -0.15) is 0 Å². The van der Waals surface area contributed by atoms with Gasteiger partial charge >= 0.3 is 0 Å². The second-order valence-corrected chi connectivity index (χ2v) is 5.16. The average molecular weight is 347 g/mol. The molecule has 2 rings (SSSR count). The fourth-order valence-corrected chi connectivity index (χ4v) is 2.01. The van der Waals surface area contributed by atoms with Crippen molar-refractivity contribution in [1.82, 2.24) is 0 Å². The van der Waals surface area contributed by atoms with Gasteiger partial charge in [-0.1, -0.05) is 6.07 Å². The third-order valence-electron chi connectivity index (χ3n) is 2.99. The molecule has 0 aliphatic heterocycles. The van der Waals surface area contributed by atoms with E-state index >= 15 is 0 Å². The lowest BCUT2D eigenvalue weighted by Gasteiger charge is -2.09. The fraction of sp³-hybridized carbons (Fsp3) is 0.118. The predicted octanol–water partition coefficient (Wildman–Crippen LogP) is 2.89. The first-order chi connectivity index (χ1) is 11.8. The number of carbonyl (C=O) groups excluding carboxylic acids is 3. The lowest BCUT2D eigenvalue weighted by atomic mass is 10.2. The Morgan fingerprint density at radius 2 is 1.52 bits per heavy atom. The third-order valence-corrected chi connectivity index (χ3v) is 2.99. The van der Waals surface area contributed by atoms with Gasteiger partial charge in [-0.05, 0) is 30.3 Å². The zero-order valence-electron chi connectivity index (χ0n) is 13.2. The van der Waals surface area contributed by atoms with Crippen LogP contribution in [0, 0.1) is 11.6 Å². The lowest BCUT2D eigenvalue weighted by Crippen LogP contribution is -2.22. The summed E-state index contributed by atoms with van der Waals surface area (Å²) < 4.78 is 26.3. The number of hydrogen-bond acceptors (Lipinski definition) is 3. The molecule has 0 heterocycles. The first kappa shape index (κ1) is 18.1. The van der Waals surface area contributed by atoms with E-state index in [4.69, 9.17) is 0 Å². The summed E-state index contributed by atoms with van der Waals surface area (Å²) in [6.07, 6.45) is -0.554. The van der Waals surface area contributed by atoms with Gasteiger partial charge < -0.3 is 16.0 Å². The highest BCUT2D eigenvalue weighted by atomic mass is 19.1. The first-order valence-electron chi connectivity index (χ1n) is 7.26. The summed E-state index contributed by atoms with van der Waals surface area (Å²) in [5.74, 6) is -3.34. The molecule has 0 bridgehead atoms. The largest absolute Gasteiger partial charge is 0.326 e. The molecule has 3 N–H and O–H groups in total. The summed E-state index contributed by atoms with van der Waals surface area (Å²) in [7, 11) is 0. The monoisotopic (exact) mass is 347 g/mol. The van der Waals surface area contributed by atoms with Gasteiger partial charge in [0, 0.05) is 24.4 Å². The Hall–Kier alpha value is -3.29. The molecule has 0 spiro atoms. The highest BCUT2D eigenvalue weighted by Gasteiger charge is 2.13. The minimum Gasteiger partial charge on any atom is -0.326 e. The van der Waals surface area contributed by atoms with Crippen LogP contribution in [0.5, 0.6) is 0 Å². The molecule has 0 aliphatic rings. The molecule has 8 heteroatoms. The molecule has 0 aliphatic carbocycles. The second kappa shape index (κ2) is 8.00. The maximum Gasteiger partial charge on any atom is 0.233 e. The van der Waals surface area contributed by atoms with Crippen molar-refractivity contribution in [2.24, 2.45) is 0 Å². The second-order valence-electron chi connectivity index (χ2n) is 5.16. The molecule has 0 unspecified atom stereocenters. The molecule has 0 saturated heterocycles. The summed E-state index contributed by atoms with van der Waals surface area (Å²) in [5.41, 5.74) is 0.659. The van der Waals surface area contributed by atoms with Crippen molar-refractivity contribution in [1.29, 1.82) is 0 Å². The van der Waals surface area contributed by atoms with E-state index in [0.717, 1.165) is 12.1 Å². The summed E-state index contributed by atoms with van der Waals surface area (Å²) in [6, 6.07) is 9.06. The number of rotatable bonds is 5. The van der Waals surface area contributed by atoms with Crippen molar-refractivity contribution < 1.29 is 23.2 Å². The zero-order chi connectivity index (χ0) is 18.4. The zero-order valence-corrected chi connectivity index (χ0v) is 13.2. The standard InChI is InChI=1S/C17H15F2N3O3/c1-10(23)20-12-3-2-4-13(8-12)21-16(24)9-17(25)22-15-6-5-11(18)7-14(15)19/h2-8H,9H2,1H3,(H,20,23)(H,21,24)(H,22,25). The number of nitrogens with one attached hydrogen (secondary N) is 3. The van der Waals surface area contributed by atoms with Crippen LogP contribution >= 0.6 is 0 Å². The van der Waals surface area contributed by atoms with Crippen LogP contribution in [0.4, 0.5) is 25.8 Å². The van der Waals surface area contributed by atoms with E-state index in [2.05, 4.69) is 16.0 Å². The summed E-state index contributed by atoms with van der Waals surface area (Å²) >= 11 is 0. The number of amides is 3. The fourth-order valence-electron chi connectivity index (χ4n) is 2.01. The summed E-state index contributed by atoms with van der Waals surface area (Å²) in [6.45, 7) is 1.35. The molecule has 2 aromatic carbocycles. The van der Waals surface area contributed by atoms with Crippen LogP contribution in [-0.2, 0) is 14.4 Å². The van der Waals surface area contributed by atoms with Crippen molar-refractivity contribution in [3.8, 4) is 0 Å². The van der Waals surface area contributed by atoms with Crippen LogP contribution in [-0.4, -0.2) is 17.7 Å². The van der Waals surface area contributed by atoms with Crippen molar-refractivity contribution >= 4 is 34.8 Å². The number of benzene rings is 2. The van der Waals surface area contributed by atoms with E-state index in [1.807, 2.05) is 0 Å². The molecule has 0 atom stereocenters. The molecule has 0 saturated carbocycles. The van der Waals surface area contributed by atoms with Gasteiger partial charge in [-0.3, -0.25) is 14.4 Å². The molecule has 6 nitrogen and oxygen atoms in total. The maximum absolute atomic E-state index is 13.5. The van der Waals surface area contributed by atoms with E-state index in [-0.39, 0.29) is 11.6 Å². The lowest BCUT2D eigenvalue weighted by molar-refractivity contribution is -0.123. The van der Waals surface area contributed by atoms with Crippen LogP contribution in [0.1, 0.15) is 13.3 Å². The number of hydrogen-bond donors (Lipinski definition) is 3. The van der Waals surface area contributed by atoms with Crippen LogP contribution in [0.25, 0.3) is 0 Å². The normalized spacial score (nSPS) is 10.0. The van der Waals surface area contributed by atoms with Crippen LogP contribution < -0.4 is 16.0 Å². The highest BCUT2D eigenvalue weighted by molar-refractivity contribution is 6.08. The number of anilines is 3. The van der Waals surface area contributed by atoms with E-state index < -0.39 is 29.9 Å². The van der Waals surface area contributed by atoms with Gasteiger partial charge in [0.05, 0.1) is 5.69 Å². The quantitative estimate of drug-likeness (QED) is 0.727. The Morgan fingerprint density at radius 3 is 2.16 bits per heavy atom. The Kier molecular flexibility index (Phi) is 5.78. The Balaban J connectivity index is 1.93. The average Bonchev–Trinajstić information content (AvgIpc) is 2.49. The summed E-state index contributed by atoms with van der Waals surface area (Å²) in [4.78, 5) is 34.7. The minimum atomic E-state index is -0.934. The molecule has 2 aromatic rings. The minimum absolute atomic E-state index is 0.216. The van der Waals surface area contributed by atoms with Crippen molar-refractivity contribution in [2.45, 2.75) is 13.3 Å². The van der Waals surface area contributed by atoms with Gasteiger partial charge in [0.15, 0.2) is 0 Å². The number of carbonyl (C=O) groups is 3. The topological polar surface area (TPSA) is 87.3 Å². The smallest absolute Gasteiger partial charge is 0.233 e. The van der Waals surface area contributed by atoms with Crippen molar-refractivity contribution in [3.05, 3.63) is 54.1 Å². The summed E-state index contributed by atoms with van der Waals surface area (Å²) in [5, 5.41) is 7.25. The molecule has 130 valence electrons. The van der Waals surface area contributed by atoms with Gasteiger partial charge in [0.2, 0.25) is 17.7 Å². The van der Waals surface area contributed by atoms with E-state index in [1.54, 1.807) is 18.2 Å². The maximum atomic E-state index is 13.5. The first-order valence-corrected chi connectivity index (χ1v) is 7.26. The van der Waals surface area contributed by atoms with Gasteiger partial charge in [0.25, 0.3) is 0 Å². The SMILES string of the molecule is CC(=O)Nc1cccc(NC(=O)CC(=O)Nc2ccc(F)cc2F)c1. The Labute approximate surface area is 142 Å². The Bertz CT molecular complexity index is 825. The third kappa shape index (κ3) is 5.69. The van der Waals surface area contributed by atoms with Gasteiger partial charge in [-0.15, -0.1) is 0 Å². The van der Waals surface area contributed by atoms with E-state index in [9.17, 15) is 23.2 Å². The van der Waals surface area contributed by atoms with Gasteiger partial charge in [0.1, 0.15) is 18.1 Å². The highest BCUT2D eigenvalue weighted by Crippen LogP contribution is 2.17. The molecule has 0 fully saturated rings. The van der Waals surface area contributed by atoms with Crippen molar-refractivity contribution in [2.75, 3.05) is 16.0 Å². The van der Waals surface area contributed by atoms with Crippen LogP contribution in [0.2, 0.25) is 0 Å². The molecular weight excluding hydrogens is 332 g/mol.